The summed E-state index contributed by atoms with van der Waals surface area (Å²) in [4.78, 5) is 0. The number of allylic oxidation sites excluding steroid dienone is 7. The van der Waals surface area contributed by atoms with Crippen LogP contribution in [-0.4, -0.2) is 6.04 Å². The summed E-state index contributed by atoms with van der Waals surface area (Å²) >= 11 is 0. The SMILES string of the molecule is C/C=C/C(=C(\C=C\NC1=CC(N/C=C/CC(C)(C)C)CC=C1)C(C)(C)C)C(C)(C)C. The molecule has 1 unspecified atom stereocenters. The first-order valence-corrected chi connectivity index (χ1v) is 11.3. The van der Waals surface area contributed by atoms with Gasteiger partial charge in [0, 0.05) is 17.9 Å². The van der Waals surface area contributed by atoms with Crippen molar-refractivity contribution >= 4 is 0 Å². The van der Waals surface area contributed by atoms with E-state index < -0.39 is 0 Å². The lowest BCUT2D eigenvalue weighted by Gasteiger charge is -2.30. The van der Waals surface area contributed by atoms with E-state index in [2.05, 4.69) is 135 Å². The fourth-order valence-electron chi connectivity index (χ4n) is 3.37. The molecule has 0 aromatic rings. The molecular formula is C28H46N2. The van der Waals surface area contributed by atoms with Gasteiger partial charge in [-0.3, -0.25) is 0 Å². The molecule has 1 aliphatic carbocycles. The van der Waals surface area contributed by atoms with Gasteiger partial charge in [0.1, 0.15) is 0 Å². The van der Waals surface area contributed by atoms with Crippen molar-refractivity contribution in [3.63, 3.8) is 0 Å². The van der Waals surface area contributed by atoms with Crippen molar-refractivity contribution in [3.05, 3.63) is 71.8 Å². The highest BCUT2D eigenvalue weighted by Gasteiger charge is 2.24. The molecule has 0 fully saturated rings. The van der Waals surface area contributed by atoms with E-state index in [-0.39, 0.29) is 10.8 Å². The molecule has 1 aliphatic rings. The van der Waals surface area contributed by atoms with Gasteiger partial charge in [0.05, 0.1) is 0 Å². The zero-order chi connectivity index (χ0) is 23.0. The van der Waals surface area contributed by atoms with Crippen molar-refractivity contribution in [3.8, 4) is 0 Å². The normalized spacial score (nSPS) is 19.5. The van der Waals surface area contributed by atoms with E-state index >= 15 is 0 Å². The summed E-state index contributed by atoms with van der Waals surface area (Å²) in [5, 5.41) is 7.00. The van der Waals surface area contributed by atoms with Crippen LogP contribution in [0.25, 0.3) is 0 Å². The summed E-state index contributed by atoms with van der Waals surface area (Å²) in [5.74, 6) is 0. The minimum atomic E-state index is 0.0685. The van der Waals surface area contributed by atoms with E-state index in [4.69, 9.17) is 0 Å². The molecule has 0 heterocycles. The first kappa shape index (κ1) is 26.1. The maximum atomic E-state index is 3.51. The van der Waals surface area contributed by atoms with Gasteiger partial charge < -0.3 is 10.6 Å². The highest BCUT2D eigenvalue weighted by molar-refractivity contribution is 5.40. The fraction of sp³-hybridized carbons (Fsp3) is 0.571. The maximum Gasteiger partial charge on any atom is 0.0496 e. The van der Waals surface area contributed by atoms with Crippen LogP contribution >= 0.6 is 0 Å². The van der Waals surface area contributed by atoms with Crippen molar-refractivity contribution < 1.29 is 0 Å². The molecule has 0 aromatic carbocycles. The predicted octanol–water partition coefficient (Wildman–Crippen LogP) is 7.81. The van der Waals surface area contributed by atoms with Crippen molar-refractivity contribution in [1.29, 1.82) is 0 Å². The summed E-state index contributed by atoms with van der Waals surface area (Å²) in [6.45, 7) is 22.6. The van der Waals surface area contributed by atoms with Gasteiger partial charge in [-0.25, -0.2) is 0 Å². The topological polar surface area (TPSA) is 24.1 Å². The first-order valence-electron chi connectivity index (χ1n) is 11.3. The summed E-state index contributed by atoms with van der Waals surface area (Å²) in [7, 11) is 0. The molecule has 0 saturated carbocycles. The minimum absolute atomic E-state index is 0.0685. The van der Waals surface area contributed by atoms with E-state index in [1.165, 1.54) is 11.1 Å². The van der Waals surface area contributed by atoms with Gasteiger partial charge in [-0.2, -0.15) is 0 Å². The van der Waals surface area contributed by atoms with Gasteiger partial charge in [-0.1, -0.05) is 86.6 Å². The van der Waals surface area contributed by atoms with Crippen molar-refractivity contribution in [1.82, 2.24) is 10.6 Å². The molecule has 0 saturated heterocycles. The lowest BCUT2D eigenvalue weighted by molar-refractivity contribution is 0.419. The second kappa shape index (κ2) is 10.9. The summed E-state index contributed by atoms with van der Waals surface area (Å²) < 4.78 is 0. The second-order valence-corrected chi connectivity index (χ2v) is 11.5. The number of rotatable bonds is 7. The Hall–Kier alpha value is -1.96. The van der Waals surface area contributed by atoms with E-state index in [1.807, 2.05) is 0 Å². The van der Waals surface area contributed by atoms with Crippen LogP contribution in [0.1, 0.15) is 82.1 Å². The van der Waals surface area contributed by atoms with Crippen LogP contribution in [0, 0.1) is 16.2 Å². The second-order valence-electron chi connectivity index (χ2n) is 11.5. The molecule has 0 aromatic heterocycles. The van der Waals surface area contributed by atoms with Gasteiger partial charge in [0.2, 0.25) is 0 Å². The summed E-state index contributed by atoms with van der Waals surface area (Å²) in [6, 6.07) is 0.327. The van der Waals surface area contributed by atoms with Crippen LogP contribution in [0.5, 0.6) is 0 Å². The van der Waals surface area contributed by atoms with Gasteiger partial charge in [0.25, 0.3) is 0 Å². The molecule has 30 heavy (non-hydrogen) atoms. The standard InChI is InChI=1S/C28H46N2/c1-11-14-24(27(5,6)7)25(28(8,9)10)17-20-30-23-16-12-15-22(21-23)29-19-13-18-26(2,3)4/h11-14,16-17,19-22,29-30H,15,18H2,1-10H3/b14-11+,19-13+,20-17+,25-24-. The third-order valence-corrected chi connectivity index (χ3v) is 4.97. The van der Waals surface area contributed by atoms with Crippen LogP contribution < -0.4 is 10.6 Å². The third-order valence-electron chi connectivity index (χ3n) is 4.97. The average molecular weight is 411 g/mol. The van der Waals surface area contributed by atoms with E-state index in [0.29, 0.717) is 11.5 Å². The van der Waals surface area contributed by atoms with Gasteiger partial charge in [0.15, 0.2) is 0 Å². The lowest BCUT2D eigenvalue weighted by atomic mass is 9.75. The molecule has 2 N–H and O–H groups in total. The Balaban J connectivity index is 2.93. The summed E-state index contributed by atoms with van der Waals surface area (Å²) in [6.07, 6.45) is 21.8. The van der Waals surface area contributed by atoms with Crippen LogP contribution in [0.2, 0.25) is 0 Å². The Kier molecular flexibility index (Phi) is 9.46. The molecule has 0 amide bonds. The quantitative estimate of drug-likeness (QED) is 0.418. The largest absolute Gasteiger partial charge is 0.385 e. The van der Waals surface area contributed by atoms with E-state index in [9.17, 15) is 0 Å². The Bertz CT molecular complexity index is 720. The third kappa shape index (κ3) is 9.69. The van der Waals surface area contributed by atoms with Crippen LogP contribution in [0.3, 0.4) is 0 Å². The minimum Gasteiger partial charge on any atom is -0.385 e. The zero-order valence-corrected chi connectivity index (χ0v) is 21.2. The molecule has 0 aliphatic heterocycles. The van der Waals surface area contributed by atoms with Crippen molar-refractivity contribution in [2.75, 3.05) is 0 Å². The van der Waals surface area contributed by atoms with Gasteiger partial charge >= 0.3 is 0 Å². The van der Waals surface area contributed by atoms with E-state index in [1.54, 1.807) is 0 Å². The predicted molar refractivity (Wildman–Crippen MR) is 135 cm³/mol. The van der Waals surface area contributed by atoms with E-state index in [0.717, 1.165) is 18.5 Å². The average Bonchev–Trinajstić information content (AvgIpc) is 2.59. The van der Waals surface area contributed by atoms with Crippen LogP contribution in [0.15, 0.2) is 71.8 Å². The zero-order valence-electron chi connectivity index (χ0n) is 21.2. The highest BCUT2D eigenvalue weighted by atomic mass is 14.9. The van der Waals surface area contributed by atoms with Gasteiger partial charge in [-0.15, -0.1) is 0 Å². The molecule has 1 atom stereocenters. The molecule has 0 spiro atoms. The highest BCUT2D eigenvalue weighted by Crippen LogP contribution is 2.38. The monoisotopic (exact) mass is 410 g/mol. The molecule has 168 valence electrons. The Morgan fingerprint density at radius 1 is 0.933 bits per heavy atom. The first-order chi connectivity index (χ1) is 13.7. The molecule has 0 radical (unpaired) electrons. The number of hydrogen-bond acceptors (Lipinski definition) is 2. The van der Waals surface area contributed by atoms with Crippen molar-refractivity contribution in [2.24, 2.45) is 16.2 Å². The summed E-state index contributed by atoms with van der Waals surface area (Å²) in [5.41, 5.74) is 4.37. The van der Waals surface area contributed by atoms with Crippen molar-refractivity contribution in [2.45, 2.75) is 88.1 Å². The fourth-order valence-corrected chi connectivity index (χ4v) is 3.37. The van der Waals surface area contributed by atoms with Crippen LogP contribution in [-0.2, 0) is 0 Å². The molecular weight excluding hydrogens is 364 g/mol. The Morgan fingerprint density at radius 3 is 2.07 bits per heavy atom. The Morgan fingerprint density at radius 2 is 1.53 bits per heavy atom. The van der Waals surface area contributed by atoms with Gasteiger partial charge in [-0.05, 0) is 71.6 Å². The molecule has 0 bridgehead atoms. The van der Waals surface area contributed by atoms with Crippen LogP contribution in [0.4, 0.5) is 0 Å². The lowest BCUT2D eigenvalue weighted by Crippen LogP contribution is -2.25. The Labute approximate surface area is 187 Å². The molecule has 2 heteroatoms. The molecule has 1 rings (SSSR count). The number of nitrogens with one attached hydrogen (secondary N) is 2. The maximum absolute atomic E-state index is 3.51. The smallest absolute Gasteiger partial charge is 0.0496 e. The number of hydrogen-bond donors (Lipinski definition) is 2. The molecule has 2 nitrogen and oxygen atoms in total.